The molecule has 1 aromatic carbocycles. The lowest BCUT2D eigenvalue weighted by Gasteiger charge is -2.49. The Morgan fingerprint density at radius 1 is 1.28 bits per heavy atom. The lowest BCUT2D eigenvalue weighted by Crippen LogP contribution is -2.61. The third-order valence-electron chi connectivity index (χ3n) is 6.17. The molecule has 7 nitrogen and oxygen atoms in total. The maximum atomic E-state index is 13.6. The predicted octanol–water partition coefficient (Wildman–Crippen LogP) is 3.59. The molecular formula is C21H22ClN5O2. The highest BCUT2D eigenvalue weighted by molar-refractivity contribution is 6.31. The first-order valence-electron chi connectivity index (χ1n) is 9.87. The van der Waals surface area contributed by atoms with Gasteiger partial charge in [0.2, 0.25) is 0 Å². The molecule has 3 aliphatic rings. The van der Waals surface area contributed by atoms with Crippen LogP contribution in [0.3, 0.4) is 0 Å². The molecule has 2 aromatic rings. The zero-order valence-corrected chi connectivity index (χ0v) is 16.9. The summed E-state index contributed by atoms with van der Waals surface area (Å²) in [5, 5.41) is 3.32. The standard InChI is InChI=1S/C21H22ClN5O2/c1-2-25-9-7-21(11-25)12-26(13-21)20(29)27-17-10-14(22)5-6-15(17)19(28)24-16-4-3-8-23-18(16)27/h3-6,8,10H,2,7,9,11-13H2,1H3,(H,24,28). The number of aromatic nitrogens is 1. The van der Waals surface area contributed by atoms with E-state index in [9.17, 15) is 9.59 Å². The van der Waals surface area contributed by atoms with Gasteiger partial charge in [0.15, 0.2) is 5.82 Å². The molecule has 1 aromatic heterocycles. The minimum Gasteiger partial charge on any atom is -0.323 e. The number of benzene rings is 1. The molecule has 29 heavy (non-hydrogen) atoms. The van der Waals surface area contributed by atoms with Crippen LogP contribution in [0.4, 0.5) is 22.0 Å². The largest absolute Gasteiger partial charge is 0.330 e. The number of nitrogens with zero attached hydrogens (tertiary/aromatic N) is 4. The Kier molecular flexibility index (Phi) is 4.26. The van der Waals surface area contributed by atoms with Gasteiger partial charge in [-0.1, -0.05) is 18.5 Å². The molecule has 0 unspecified atom stereocenters. The van der Waals surface area contributed by atoms with E-state index >= 15 is 0 Å². The fourth-order valence-electron chi connectivity index (χ4n) is 4.65. The van der Waals surface area contributed by atoms with Crippen LogP contribution in [0.15, 0.2) is 36.5 Å². The molecule has 8 heteroatoms. The molecule has 5 rings (SSSR count). The highest BCUT2D eigenvalue weighted by Crippen LogP contribution is 2.43. The van der Waals surface area contributed by atoms with Crippen LogP contribution in [-0.2, 0) is 0 Å². The van der Waals surface area contributed by atoms with Crippen LogP contribution in [-0.4, -0.2) is 59.4 Å². The number of carbonyl (C=O) groups is 2. The predicted molar refractivity (Wildman–Crippen MR) is 112 cm³/mol. The maximum absolute atomic E-state index is 13.6. The van der Waals surface area contributed by atoms with Gasteiger partial charge in [-0.2, -0.15) is 0 Å². The maximum Gasteiger partial charge on any atom is 0.330 e. The normalized spacial score (nSPS) is 20.0. The van der Waals surface area contributed by atoms with Crippen molar-refractivity contribution in [3.63, 3.8) is 0 Å². The van der Waals surface area contributed by atoms with Crippen molar-refractivity contribution in [2.24, 2.45) is 5.41 Å². The van der Waals surface area contributed by atoms with Crippen molar-refractivity contribution >= 4 is 40.7 Å². The van der Waals surface area contributed by atoms with Gasteiger partial charge in [0.25, 0.3) is 5.91 Å². The zero-order chi connectivity index (χ0) is 20.2. The Morgan fingerprint density at radius 2 is 2.10 bits per heavy atom. The summed E-state index contributed by atoms with van der Waals surface area (Å²) in [6.45, 7) is 6.77. The summed E-state index contributed by atoms with van der Waals surface area (Å²) in [6.07, 6.45) is 2.73. The number of amides is 3. The monoisotopic (exact) mass is 411 g/mol. The third-order valence-corrected chi connectivity index (χ3v) is 6.41. The van der Waals surface area contributed by atoms with Crippen molar-refractivity contribution in [2.45, 2.75) is 13.3 Å². The quantitative estimate of drug-likeness (QED) is 0.778. The molecular weight excluding hydrogens is 390 g/mol. The van der Waals surface area contributed by atoms with E-state index in [2.05, 4.69) is 22.1 Å². The first kappa shape index (κ1) is 18.4. The molecule has 0 saturated carbocycles. The number of rotatable bonds is 1. The molecule has 2 fully saturated rings. The van der Waals surface area contributed by atoms with E-state index in [4.69, 9.17) is 11.6 Å². The van der Waals surface area contributed by atoms with E-state index in [-0.39, 0.29) is 17.4 Å². The van der Waals surface area contributed by atoms with Gasteiger partial charge in [0.1, 0.15) is 0 Å². The molecule has 150 valence electrons. The number of urea groups is 1. The summed E-state index contributed by atoms with van der Waals surface area (Å²) in [5.74, 6) is 0.130. The van der Waals surface area contributed by atoms with Crippen LogP contribution >= 0.6 is 11.6 Å². The van der Waals surface area contributed by atoms with Crippen molar-refractivity contribution in [1.82, 2.24) is 14.8 Å². The molecule has 2 saturated heterocycles. The summed E-state index contributed by atoms with van der Waals surface area (Å²) in [6, 6.07) is 8.27. The molecule has 1 spiro atoms. The highest BCUT2D eigenvalue weighted by Gasteiger charge is 2.50. The van der Waals surface area contributed by atoms with Crippen molar-refractivity contribution in [2.75, 3.05) is 42.9 Å². The topological polar surface area (TPSA) is 68.8 Å². The van der Waals surface area contributed by atoms with E-state index in [1.54, 1.807) is 36.5 Å². The average Bonchev–Trinajstić information content (AvgIpc) is 3.08. The summed E-state index contributed by atoms with van der Waals surface area (Å²) in [7, 11) is 0. The van der Waals surface area contributed by atoms with E-state index in [0.29, 0.717) is 27.8 Å². The number of hydrogen-bond acceptors (Lipinski definition) is 4. The number of likely N-dealkylation sites (tertiary alicyclic amines) is 2. The highest BCUT2D eigenvalue weighted by atomic mass is 35.5. The Hall–Kier alpha value is -2.64. The van der Waals surface area contributed by atoms with Crippen molar-refractivity contribution in [3.8, 4) is 0 Å². The summed E-state index contributed by atoms with van der Waals surface area (Å²) < 4.78 is 0. The van der Waals surface area contributed by atoms with Gasteiger partial charge in [-0.3, -0.25) is 4.79 Å². The van der Waals surface area contributed by atoms with Crippen LogP contribution < -0.4 is 10.2 Å². The Morgan fingerprint density at radius 3 is 2.86 bits per heavy atom. The van der Waals surface area contributed by atoms with E-state index in [1.165, 1.54) is 4.90 Å². The molecule has 3 amide bonds. The van der Waals surface area contributed by atoms with E-state index in [0.717, 1.165) is 39.1 Å². The number of nitrogens with one attached hydrogen (secondary N) is 1. The number of anilines is 3. The molecule has 1 N–H and O–H groups in total. The van der Waals surface area contributed by atoms with Crippen LogP contribution in [0.5, 0.6) is 0 Å². The van der Waals surface area contributed by atoms with Crippen molar-refractivity contribution in [1.29, 1.82) is 0 Å². The number of fused-ring (bicyclic) bond motifs is 2. The van der Waals surface area contributed by atoms with Crippen LogP contribution in [0, 0.1) is 5.41 Å². The minimum atomic E-state index is -0.282. The van der Waals surface area contributed by atoms with Crippen molar-refractivity contribution < 1.29 is 9.59 Å². The zero-order valence-electron chi connectivity index (χ0n) is 16.2. The lowest BCUT2D eigenvalue weighted by atomic mass is 9.79. The second-order valence-electron chi connectivity index (χ2n) is 8.08. The number of pyridine rings is 1. The number of hydrogen-bond donors (Lipinski definition) is 1. The Bertz CT molecular complexity index is 1000. The lowest BCUT2D eigenvalue weighted by molar-refractivity contribution is 0.0429. The second-order valence-corrected chi connectivity index (χ2v) is 8.52. The molecule has 0 bridgehead atoms. The first-order chi connectivity index (χ1) is 14.0. The van der Waals surface area contributed by atoms with Gasteiger partial charge in [0, 0.05) is 36.3 Å². The Balaban J connectivity index is 1.51. The molecule has 0 atom stereocenters. The van der Waals surface area contributed by atoms with E-state index in [1.807, 2.05) is 4.90 Å². The fourth-order valence-corrected chi connectivity index (χ4v) is 4.81. The minimum absolute atomic E-state index is 0.175. The first-order valence-corrected chi connectivity index (χ1v) is 10.2. The van der Waals surface area contributed by atoms with Crippen LogP contribution in [0.25, 0.3) is 0 Å². The van der Waals surface area contributed by atoms with Gasteiger partial charge in [-0.25, -0.2) is 14.7 Å². The Labute approximate surface area is 174 Å². The number of carbonyl (C=O) groups excluding carboxylic acids is 2. The van der Waals surface area contributed by atoms with Crippen LogP contribution in [0.1, 0.15) is 23.7 Å². The van der Waals surface area contributed by atoms with Gasteiger partial charge in [0.05, 0.1) is 16.9 Å². The average molecular weight is 412 g/mol. The summed E-state index contributed by atoms with van der Waals surface area (Å²) >= 11 is 6.22. The van der Waals surface area contributed by atoms with Gasteiger partial charge < -0.3 is 15.1 Å². The van der Waals surface area contributed by atoms with Gasteiger partial charge in [-0.05, 0) is 49.8 Å². The van der Waals surface area contributed by atoms with Gasteiger partial charge >= 0.3 is 6.03 Å². The van der Waals surface area contributed by atoms with Crippen molar-refractivity contribution in [3.05, 3.63) is 47.1 Å². The van der Waals surface area contributed by atoms with Gasteiger partial charge in [-0.15, -0.1) is 0 Å². The molecule has 0 radical (unpaired) electrons. The molecule has 0 aliphatic carbocycles. The van der Waals surface area contributed by atoms with E-state index < -0.39 is 0 Å². The fraction of sp³-hybridized carbons (Fsp3) is 0.381. The van der Waals surface area contributed by atoms with Crippen LogP contribution in [0.2, 0.25) is 5.02 Å². The summed E-state index contributed by atoms with van der Waals surface area (Å²) in [4.78, 5) is 36.5. The summed E-state index contributed by atoms with van der Waals surface area (Å²) in [5.41, 5.74) is 1.55. The molecule has 3 aliphatic heterocycles. The molecule has 4 heterocycles. The number of halogens is 1. The second kappa shape index (κ2) is 6.71. The smallest absolute Gasteiger partial charge is 0.323 e. The third kappa shape index (κ3) is 2.96. The SMILES string of the molecule is CCN1CCC2(C1)CN(C(=O)N1c3cc(Cl)ccc3C(=O)Nc3cccnc31)C2.